The number of carbonyl (C=O) groups excluding carboxylic acids is 1. The lowest BCUT2D eigenvalue weighted by Crippen LogP contribution is -2.50. The van der Waals surface area contributed by atoms with Gasteiger partial charge < -0.3 is 10.2 Å². The molecule has 0 unspecified atom stereocenters. The van der Waals surface area contributed by atoms with Gasteiger partial charge in [-0.3, -0.25) is 4.79 Å². The molecule has 0 aromatic heterocycles. The average molecular weight is 307 g/mol. The number of halogens is 1. The highest BCUT2D eigenvalue weighted by Gasteiger charge is 2.36. The summed E-state index contributed by atoms with van der Waals surface area (Å²) in [5.74, 6) is 1.21. The Kier molecular flexibility index (Phi) is 4.51. The molecule has 0 spiro atoms. The summed E-state index contributed by atoms with van der Waals surface area (Å²) in [6.07, 6.45) is 3.22. The molecule has 1 saturated heterocycles. The standard InChI is InChI=1S/C17H23ClN2O/c1-12-11-20(17(21)13-6-7-13)9-8-16(12)19-10-14-4-2-3-5-15(14)18/h2-5,12-13,16,19H,6-11H2,1H3/t12-,16+/m1/s1. The van der Waals surface area contributed by atoms with E-state index in [-0.39, 0.29) is 0 Å². The first-order valence-corrected chi connectivity index (χ1v) is 8.28. The van der Waals surface area contributed by atoms with Crippen LogP contribution in [0, 0.1) is 11.8 Å². The van der Waals surface area contributed by atoms with E-state index in [2.05, 4.69) is 23.2 Å². The van der Waals surface area contributed by atoms with E-state index in [0.29, 0.717) is 23.8 Å². The second kappa shape index (κ2) is 6.37. The normalized spacial score (nSPS) is 25.9. The second-order valence-corrected chi connectivity index (χ2v) is 6.81. The lowest BCUT2D eigenvalue weighted by molar-refractivity contribution is -0.134. The van der Waals surface area contributed by atoms with E-state index < -0.39 is 0 Å². The zero-order chi connectivity index (χ0) is 14.8. The maximum atomic E-state index is 12.1. The van der Waals surface area contributed by atoms with E-state index in [1.54, 1.807) is 0 Å². The summed E-state index contributed by atoms with van der Waals surface area (Å²) in [5, 5.41) is 4.43. The monoisotopic (exact) mass is 306 g/mol. The maximum absolute atomic E-state index is 12.1. The highest BCUT2D eigenvalue weighted by molar-refractivity contribution is 6.31. The van der Waals surface area contributed by atoms with Crippen molar-refractivity contribution in [1.29, 1.82) is 0 Å². The van der Waals surface area contributed by atoms with Crippen molar-refractivity contribution in [2.75, 3.05) is 13.1 Å². The van der Waals surface area contributed by atoms with E-state index in [4.69, 9.17) is 11.6 Å². The fourth-order valence-electron chi connectivity index (χ4n) is 3.12. The molecule has 1 aromatic rings. The van der Waals surface area contributed by atoms with E-state index in [0.717, 1.165) is 49.5 Å². The van der Waals surface area contributed by atoms with Gasteiger partial charge in [0.15, 0.2) is 0 Å². The molecule has 1 aromatic carbocycles. The molecule has 1 amide bonds. The van der Waals surface area contributed by atoms with Crippen LogP contribution in [-0.2, 0) is 11.3 Å². The summed E-state index contributed by atoms with van der Waals surface area (Å²) in [4.78, 5) is 14.2. The highest BCUT2D eigenvalue weighted by atomic mass is 35.5. The number of nitrogens with zero attached hydrogens (tertiary/aromatic N) is 1. The summed E-state index contributed by atoms with van der Waals surface area (Å²) in [6, 6.07) is 8.43. The third-order valence-electron chi connectivity index (χ3n) is 4.66. The number of piperidine rings is 1. The predicted octanol–water partition coefficient (Wildman–Crippen LogP) is 3.08. The lowest BCUT2D eigenvalue weighted by atomic mass is 9.93. The van der Waals surface area contributed by atoms with Crippen LogP contribution in [0.4, 0.5) is 0 Å². The van der Waals surface area contributed by atoms with Crippen LogP contribution < -0.4 is 5.32 Å². The number of benzene rings is 1. The fourth-order valence-corrected chi connectivity index (χ4v) is 3.32. The van der Waals surface area contributed by atoms with Gasteiger partial charge in [-0.1, -0.05) is 36.7 Å². The maximum Gasteiger partial charge on any atom is 0.225 e. The minimum absolute atomic E-state index is 0.338. The molecule has 3 rings (SSSR count). The van der Waals surface area contributed by atoms with Gasteiger partial charge in [0.05, 0.1) is 0 Å². The molecule has 4 heteroatoms. The first-order chi connectivity index (χ1) is 10.1. The summed E-state index contributed by atoms with van der Waals surface area (Å²) < 4.78 is 0. The van der Waals surface area contributed by atoms with Crippen molar-refractivity contribution in [2.24, 2.45) is 11.8 Å². The van der Waals surface area contributed by atoms with Crippen LogP contribution in [0.15, 0.2) is 24.3 Å². The zero-order valence-electron chi connectivity index (χ0n) is 12.5. The highest BCUT2D eigenvalue weighted by Crippen LogP contribution is 2.32. The largest absolute Gasteiger partial charge is 0.342 e. The molecule has 1 aliphatic heterocycles. The lowest BCUT2D eigenvalue weighted by Gasteiger charge is -2.37. The number of nitrogens with one attached hydrogen (secondary N) is 1. The summed E-state index contributed by atoms with van der Waals surface area (Å²) in [6.45, 7) is 4.80. The predicted molar refractivity (Wildman–Crippen MR) is 85.2 cm³/mol. The quantitative estimate of drug-likeness (QED) is 0.927. The Morgan fingerprint density at radius 3 is 2.76 bits per heavy atom. The number of carbonyl (C=O) groups is 1. The molecule has 2 atom stereocenters. The number of likely N-dealkylation sites (tertiary alicyclic amines) is 1. The van der Waals surface area contributed by atoms with Gasteiger partial charge in [0.1, 0.15) is 0 Å². The van der Waals surface area contributed by atoms with Gasteiger partial charge in [-0.25, -0.2) is 0 Å². The first-order valence-electron chi connectivity index (χ1n) is 7.90. The molecule has 1 saturated carbocycles. The number of hydrogen-bond donors (Lipinski definition) is 1. The van der Waals surface area contributed by atoms with Crippen molar-refractivity contribution >= 4 is 17.5 Å². The molecular weight excluding hydrogens is 284 g/mol. The van der Waals surface area contributed by atoms with E-state index >= 15 is 0 Å². The smallest absolute Gasteiger partial charge is 0.225 e. The number of hydrogen-bond acceptors (Lipinski definition) is 2. The topological polar surface area (TPSA) is 32.3 Å². The first kappa shape index (κ1) is 14.9. The van der Waals surface area contributed by atoms with E-state index in [1.165, 1.54) is 0 Å². The molecule has 114 valence electrons. The van der Waals surface area contributed by atoms with Crippen LogP contribution in [0.3, 0.4) is 0 Å². The van der Waals surface area contributed by atoms with Gasteiger partial charge >= 0.3 is 0 Å². The van der Waals surface area contributed by atoms with Gasteiger partial charge in [0.25, 0.3) is 0 Å². The van der Waals surface area contributed by atoms with Crippen LogP contribution in [0.2, 0.25) is 5.02 Å². The Balaban J connectivity index is 1.51. The molecule has 2 aliphatic rings. The van der Waals surface area contributed by atoms with E-state index in [1.807, 2.05) is 18.2 Å². The van der Waals surface area contributed by atoms with Crippen molar-refractivity contribution < 1.29 is 4.79 Å². The van der Waals surface area contributed by atoms with Gasteiger partial charge in [0.2, 0.25) is 5.91 Å². The van der Waals surface area contributed by atoms with Crippen LogP contribution >= 0.6 is 11.6 Å². The molecule has 2 fully saturated rings. The van der Waals surface area contributed by atoms with Gasteiger partial charge in [0, 0.05) is 36.6 Å². The minimum atomic E-state index is 0.338. The molecule has 21 heavy (non-hydrogen) atoms. The van der Waals surface area contributed by atoms with Crippen molar-refractivity contribution in [3.05, 3.63) is 34.9 Å². The second-order valence-electron chi connectivity index (χ2n) is 6.40. The van der Waals surface area contributed by atoms with Crippen LogP contribution in [0.5, 0.6) is 0 Å². The van der Waals surface area contributed by atoms with Gasteiger partial charge in [-0.15, -0.1) is 0 Å². The third kappa shape index (κ3) is 3.58. The molecule has 0 bridgehead atoms. The Hall–Kier alpha value is -1.06. The van der Waals surface area contributed by atoms with Gasteiger partial charge in [-0.2, -0.15) is 0 Å². The molecule has 1 aliphatic carbocycles. The Bertz CT molecular complexity index is 515. The van der Waals surface area contributed by atoms with Gasteiger partial charge in [-0.05, 0) is 36.8 Å². The number of rotatable bonds is 4. The van der Waals surface area contributed by atoms with Crippen LogP contribution in [-0.4, -0.2) is 29.9 Å². The molecule has 0 radical (unpaired) electrons. The molecule has 1 N–H and O–H groups in total. The Morgan fingerprint density at radius 1 is 1.33 bits per heavy atom. The Morgan fingerprint density at radius 2 is 2.10 bits per heavy atom. The molecule has 3 nitrogen and oxygen atoms in total. The SMILES string of the molecule is C[C@@H]1CN(C(=O)C2CC2)CC[C@@H]1NCc1ccccc1Cl. The van der Waals surface area contributed by atoms with Crippen molar-refractivity contribution in [1.82, 2.24) is 10.2 Å². The van der Waals surface area contributed by atoms with Crippen molar-refractivity contribution in [3.8, 4) is 0 Å². The average Bonchev–Trinajstić information content (AvgIpc) is 3.31. The van der Waals surface area contributed by atoms with Crippen molar-refractivity contribution in [2.45, 2.75) is 38.8 Å². The van der Waals surface area contributed by atoms with Crippen LogP contribution in [0.25, 0.3) is 0 Å². The third-order valence-corrected chi connectivity index (χ3v) is 5.02. The Labute approximate surface area is 131 Å². The molecular formula is C17H23ClN2O. The van der Waals surface area contributed by atoms with Crippen LogP contribution in [0.1, 0.15) is 31.7 Å². The summed E-state index contributed by atoms with van der Waals surface area (Å²) in [5.41, 5.74) is 1.14. The minimum Gasteiger partial charge on any atom is -0.342 e. The summed E-state index contributed by atoms with van der Waals surface area (Å²) in [7, 11) is 0. The van der Waals surface area contributed by atoms with Crippen molar-refractivity contribution in [3.63, 3.8) is 0 Å². The van der Waals surface area contributed by atoms with E-state index in [9.17, 15) is 4.79 Å². The molecule has 1 heterocycles. The number of amides is 1. The summed E-state index contributed by atoms with van der Waals surface area (Å²) >= 11 is 6.19. The fraction of sp³-hybridized carbons (Fsp3) is 0.588. The zero-order valence-corrected chi connectivity index (χ0v) is 13.3.